The second-order valence-electron chi connectivity index (χ2n) is 3.29. The fraction of sp³-hybridized carbons (Fsp3) is 0.400. The fourth-order valence-electron chi connectivity index (χ4n) is 1.74. The summed E-state index contributed by atoms with van der Waals surface area (Å²) < 4.78 is 0. The molecule has 0 aliphatic carbocycles. The van der Waals surface area contributed by atoms with Gasteiger partial charge in [0.1, 0.15) is 0 Å². The molecule has 1 aromatic rings. The molecule has 0 atom stereocenters. The van der Waals surface area contributed by atoms with Crippen LogP contribution in [0.1, 0.15) is 25.0 Å². The third-order valence-electron chi connectivity index (χ3n) is 2.47. The second kappa shape index (κ2) is 4.69. The summed E-state index contributed by atoms with van der Waals surface area (Å²) in [4.78, 5) is 20.2. The van der Waals surface area contributed by atoms with Crippen LogP contribution >= 0.6 is 0 Å². The molecule has 0 amide bonds. The van der Waals surface area contributed by atoms with Crippen LogP contribution in [0.5, 0.6) is 0 Å². The number of benzene rings is 1. The SMILES string of the molecule is CCc1ccc([N+](=O)[O-])c([N+](=O)[O-])c1CC. The normalized spacial score (nSPS) is 10.1. The van der Waals surface area contributed by atoms with Crippen LogP contribution in [0.3, 0.4) is 0 Å². The molecule has 0 saturated carbocycles. The van der Waals surface area contributed by atoms with Crippen molar-refractivity contribution in [3.8, 4) is 0 Å². The summed E-state index contributed by atoms with van der Waals surface area (Å²) in [5.74, 6) is 0. The maximum Gasteiger partial charge on any atom is 0.349 e. The zero-order valence-electron chi connectivity index (χ0n) is 9.10. The first-order valence-corrected chi connectivity index (χ1v) is 4.96. The third kappa shape index (κ3) is 2.00. The lowest BCUT2D eigenvalue weighted by atomic mass is 10.00. The highest BCUT2D eigenvalue weighted by Crippen LogP contribution is 2.33. The zero-order valence-corrected chi connectivity index (χ0v) is 9.10. The van der Waals surface area contributed by atoms with Crippen molar-refractivity contribution in [2.45, 2.75) is 26.7 Å². The van der Waals surface area contributed by atoms with Gasteiger partial charge in [-0.05, 0) is 18.4 Å². The van der Waals surface area contributed by atoms with Gasteiger partial charge >= 0.3 is 11.4 Å². The molecule has 1 aromatic carbocycles. The summed E-state index contributed by atoms with van der Waals surface area (Å²) in [6.45, 7) is 3.62. The highest BCUT2D eigenvalue weighted by molar-refractivity contribution is 5.60. The van der Waals surface area contributed by atoms with Gasteiger partial charge in [0.15, 0.2) is 0 Å². The van der Waals surface area contributed by atoms with Crippen molar-refractivity contribution < 1.29 is 9.85 Å². The molecule has 0 radical (unpaired) electrons. The van der Waals surface area contributed by atoms with Crippen LogP contribution in [0.2, 0.25) is 0 Å². The van der Waals surface area contributed by atoms with E-state index in [4.69, 9.17) is 0 Å². The summed E-state index contributed by atoms with van der Waals surface area (Å²) in [5.41, 5.74) is 0.451. The summed E-state index contributed by atoms with van der Waals surface area (Å²) >= 11 is 0. The molecule has 6 nitrogen and oxygen atoms in total. The number of hydrogen-bond acceptors (Lipinski definition) is 4. The maximum absolute atomic E-state index is 10.9. The number of nitro groups is 2. The maximum atomic E-state index is 10.9. The molecule has 0 N–H and O–H groups in total. The monoisotopic (exact) mass is 224 g/mol. The molecule has 86 valence electrons. The fourth-order valence-corrected chi connectivity index (χ4v) is 1.74. The highest BCUT2D eigenvalue weighted by atomic mass is 16.6. The van der Waals surface area contributed by atoms with Crippen LogP contribution in [-0.2, 0) is 12.8 Å². The highest BCUT2D eigenvalue weighted by Gasteiger charge is 2.28. The van der Waals surface area contributed by atoms with Crippen molar-refractivity contribution in [2.24, 2.45) is 0 Å². The topological polar surface area (TPSA) is 86.3 Å². The van der Waals surface area contributed by atoms with E-state index in [0.717, 1.165) is 5.56 Å². The lowest BCUT2D eigenvalue weighted by Gasteiger charge is -2.06. The van der Waals surface area contributed by atoms with E-state index in [-0.39, 0.29) is 5.69 Å². The molecule has 0 unspecified atom stereocenters. The van der Waals surface area contributed by atoms with E-state index < -0.39 is 15.5 Å². The summed E-state index contributed by atoms with van der Waals surface area (Å²) in [7, 11) is 0. The van der Waals surface area contributed by atoms with Crippen LogP contribution in [-0.4, -0.2) is 9.85 Å². The Morgan fingerprint density at radius 3 is 2.06 bits per heavy atom. The van der Waals surface area contributed by atoms with E-state index in [1.807, 2.05) is 6.92 Å². The molecule has 1 rings (SSSR count). The van der Waals surface area contributed by atoms with Crippen LogP contribution < -0.4 is 0 Å². The van der Waals surface area contributed by atoms with Crippen molar-refractivity contribution >= 4 is 11.4 Å². The number of aryl methyl sites for hydroxylation is 1. The molecule has 0 spiro atoms. The Morgan fingerprint density at radius 1 is 1.06 bits per heavy atom. The minimum Gasteiger partial charge on any atom is -0.258 e. The van der Waals surface area contributed by atoms with E-state index in [2.05, 4.69) is 0 Å². The van der Waals surface area contributed by atoms with E-state index >= 15 is 0 Å². The molecule has 0 saturated heterocycles. The average Bonchev–Trinajstić information content (AvgIpc) is 2.26. The number of nitro benzene ring substituents is 2. The molecule has 0 aliphatic heterocycles. The van der Waals surface area contributed by atoms with Gasteiger partial charge in [0.2, 0.25) is 0 Å². The molecule has 0 fully saturated rings. The van der Waals surface area contributed by atoms with Gasteiger partial charge in [-0.2, -0.15) is 0 Å². The van der Waals surface area contributed by atoms with Crippen LogP contribution in [0.25, 0.3) is 0 Å². The van der Waals surface area contributed by atoms with Crippen LogP contribution in [0, 0.1) is 20.2 Å². The minimum absolute atomic E-state index is 0.369. The lowest BCUT2D eigenvalue weighted by Crippen LogP contribution is -2.03. The van der Waals surface area contributed by atoms with Gasteiger partial charge in [0.05, 0.1) is 9.85 Å². The van der Waals surface area contributed by atoms with Crippen LogP contribution in [0.4, 0.5) is 11.4 Å². The Hall–Kier alpha value is -1.98. The van der Waals surface area contributed by atoms with E-state index in [1.165, 1.54) is 6.07 Å². The predicted octanol–water partition coefficient (Wildman–Crippen LogP) is 2.63. The molecule has 0 heterocycles. The van der Waals surface area contributed by atoms with Crippen molar-refractivity contribution in [1.29, 1.82) is 0 Å². The number of hydrogen-bond donors (Lipinski definition) is 0. The van der Waals surface area contributed by atoms with Crippen molar-refractivity contribution in [2.75, 3.05) is 0 Å². The molecular weight excluding hydrogens is 212 g/mol. The van der Waals surface area contributed by atoms with Crippen LogP contribution in [0.15, 0.2) is 12.1 Å². The van der Waals surface area contributed by atoms with Gasteiger partial charge in [-0.3, -0.25) is 20.2 Å². The first-order chi connectivity index (χ1) is 7.52. The van der Waals surface area contributed by atoms with Gasteiger partial charge in [-0.15, -0.1) is 0 Å². The predicted molar refractivity (Wildman–Crippen MR) is 58.5 cm³/mol. The Morgan fingerprint density at radius 2 is 1.69 bits per heavy atom. The Kier molecular flexibility index (Phi) is 3.55. The Balaban J connectivity index is 3.56. The molecule has 6 heteroatoms. The number of nitrogens with zero attached hydrogens (tertiary/aromatic N) is 2. The third-order valence-corrected chi connectivity index (χ3v) is 2.47. The molecule has 16 heavy (non-hydrogen) atoms. The molecule has 0 bridgehead atoms. The van der Waals surface area contributed by atoms with E-state index in [9.17, 15) is 20.2 Å². The standard InChI is InChI=1S/C10H12N2O4/c1-3-7-5-6-9(11(13)14)10(12(15)16)8(7)4-2/h5-6H,3-4H2,1-2H3. The smallest absolute Gasteiger partial charge is 0.258 e. The first-order valence-electron chi connectivity index (χ1n) is 4.96. The largest absolute Gasteiger partial charge is 0.349 e. The molecule has 0 aliphatic rings. The van der Waals surface area contributed by atoms with Gasteiger partial charge in [-0.25, -0.2) is 0 Å². The molecular formula is C10H12N2O4. The van der Waals surface area contributed by atoms with Gasteiger partial charge in [0.25, 0.3) is 0 Å². The average molecular weight is 224 g/mol. The molecule has 0 aromatic heterocycles. The number of rotatable bonds is 4. The van der Waals surface area contributed by atoms with E-state index in [1.54, 1.807) is 13.0 Å². The Bertz CT molecular complexity index is 443. The minimum atomic E-state index is -0.712. The quantitative estimate of drug-likeness (QED) is 0.581. The van der Waals surface area contributed by atoms with Crippen molar-refractivity contribution in [3.05, 3.63) is 43.5 Å². The first kappa shape index (κ1) is 12.1. The lowest BCUT2D eigenvalue weighted by molar-refractivity contribution is -0.423. The Labute approximate surface area is 92.2 Å². The van der Waals surface area contributed by atoms with Gasteiger partial charge < -0.3 is 0 Å². The van der Waals surface area contributed by atoms with Crippen molar-refractivity contribution in [1.82, 2.24) is 0 Å². The van der Waals surface area contributed by atoms with E-state index in [0.29, 0.717) is 18.4 Å². The summed E-state index contributed by atoms with van der Waals surface area (Å²) in [6.07, 6.45) is 1.04. The van der Waals surface area contributed by atoms with Gasteiger partial charge in [-0.1, -0.05) is 19.9 Å². The van der Waals surface area contributed by atoms with Gasteiger partial charge in [0, 0.05) is 11.6 Å². The zero-order chi connectivity index (χ0) is 12.3. The summed E-state index contributed by atoms with van der Waals surface area (Å²) in [6, 6.07) is 2.79. The van der Waals surface area contributed by atoms with Crippen molar-refractivity contribution in [3.63, 3.8) is 0 Å². The second-order valence-corrected chi connectivity index (χ2v) is 3.29. The summed E-state index contributed by atoms with van der Waals surface area (Å²) in [5, 5.41) is 21.6.